The van der Waals surface area contributed by atoms with Gasteiger partial charge in [0.15, 0.2) is 0 Å². The third kappa shape index (κ3) is 3.94. The lowest BCUT2D eigenvalue weighted by molar-refractivity contribution is -0.0350. The summed E-state index contributed by atoms with van der Waals surface area (Å²) in [5.41, 5.74) is 0. The summed E-state index contributed by atoms with van der Waals surface area (Å²) >= 11 is 0. The summed E-state index contributed by atoms with van der Waals surface area (Å²) in [5.74, 6) is 0.353. The van der Waals surface area contributed by atoms with E-state index in [2.05, 4.69) is 22.0 Å². The molecule has 2 unspecified atom stereocenters. The Labute approximate surface area is 115 Å². The van der Waals surface area contributed by atoms with Crippen LogP contribution in [0, 0.1) is 0 Å². The first-order chi connectivity index (χ1) is 9.60. The Balaban J connectivity index is 1.94. The summed E-state index contributed by atoms with van der Waals surface area (Å²) in [4.78, 5) is 6.26. The predicted octanol–water partition coefficient (Wildman–Crippen LogP) is 1.02. The molecule has 0 amide bonds. The molecule has 20 heavy (non-hydrogen) atoms. The molecule has 2 heterocycles. The summed E-state index contributed by atoms with van der Waals surface area (Å²) < 4.78 is 34.9. The molecule has 0 spiro atoms. The van der Waals surface area contributed by atoms with Crippen molar-refractivity contribution in [3.8, 4) is 0 Å². The lowest BCUT2D eigenvalue weighted by atomic mass is 10.2. The Bertz CT molecular complexity index is 414. The highest BCUT2D eigenvalue weighted by atomic mass is 19.3. The Morgan fingerprint density at radius 2 is 2.30 bits per heavy atom. The van der Waals surface area contributed by atoms with Crippen LogP contribution in [0.2, 0.25) is 0 Å². The van der Waals surface area contributed by atoms with Gasteiger partial charge in [-0.3, -0.25) is 4.90 Å². The zero-order valence-corrected chi connectivity index (χ0v) is 11.3. The number of aliphatic hydroxyl groups excluding tert-OH is 1. The van der Waals surface area contributed by atoms with E-state index >= 15 is 0 Å². The zero-order valence-electron chi connectivity index (χ0n) is 11.3. The van der Waals surface area contributed by atoms with Crippen molar-refractivity contribution in [2.75, 3.05) is 26.2 Å². The van der Waals surface area contributed by atoms with Gasteiger partial charge in [-0.15, -0.1) is 0 Å². The number of hydrogen-bond donors (Lipinski definition) is 1. The fraction of sp³-hybridized carbons (Fsp3) is 0.833. The summed E-state index contributed by atoms with van der Waals surface area (Å²) in [7, 11) is 0. The van der Waals surface area contributed by atoms with E-state index in [0.29, 0.717) is 19.0 Å². The number of rotatable bonds is 6. The molecule has 1 aliphatic heterocycles. The number of hydrogen-bond acceptors (Lipinski definition) is 6. The van der Waals surface area contributed by atoms with Crippen LogP contribution in [0.1, 0.15) is 31.2 Å². The van der Waals surface area contributed by atoms with Gasteiger partial charge >= 0.3 is 0 Å². The van der Waals surface area contributed by atoms with Gasteiger partial charge in [-0.25, -0.2) is 8.78 Å². The average molecular weight is 291 g/mol. The summed E-state index contributed by atoms with van der Waals surface area (Å²) in [6.45, 7) is 5.16. The van der Waals surface area contributed by atoms with Gasteiger partial charge in [0.1, 0.15) is 12.2 Å². The van der Waals surface area contributed by atoms with Crippen LogP contribution in [-0.2, 0) is 11.2 Å². The highest BCUT2D eigenvalue weighted by Gasteiger charge is 2.27. The largest absolute Gasteiger partial charge is 0.387 e. The predicted molar refractivity (Wildman–Crippen MR) is 65.4 cm³/mol. The van der Waals surface area contributed by atoms with E-state index in [1.165, 1.54) is 0 Å². The summed E-state index contributed by atoms with van der Waals surface area (Å²) in [6.07, 6.45) is -4.22. The second kappa shape index (κ2) is 7.05. The molecule has 2 rings (SSSR count). The number of nitrogens with zero attached hydrogens (tertiary/aromatic N) is 3. The molecule has 0 aliphatic carbocycles. The first kappa shape index (κ1) is 15.3. The first-order valence-corrected chi connectivity index (χ1v) is 6.72. The fourth-order valence-electron chi connectivity index (χ4n) is 2.13. The highest BCUT2D eigenvalue weighted by Crippen LogP contribution is 2.20. The van der Waals surface area contributed by atoms with Crippen LogP contribution in [0.3, 0.4) is 0 Å². The number of ether oxygens (including phenoxy) is 1. The van der Waals surface area contributed by atoms with Gasteiger partial charge in [0.05, 0.1) is 13.0 Å². The molecule has 0 bridgehead atoms. The monoisotopic (exact) mass is 291 g/mol. The zero-order chi connectivity index (χ0) is 14.5. The molecule has 0 aromatic carbocycles. The van der Waals surface area contributed by atoms with E-state index in [-0.39, 0.29) is 18.4 Å². The SMILES string of the molecule is CCCN1CCOC(c2noc(CC(O)C(F)F)n2)C1. The second-order valence-corrected chi connectivity index (χ2v) is 4.81. The number of aliphatic hydroxyl groups is 1. The van der Waals surface area contributed by atoms with Crippen LogP contribution < -0.4 is 0 Å². The van der Waals surface area contributed by atoms with E-state index in [1.807, 2.05) is 0 Å². The minimum absolute atomic E-state index is 0.00372. The topological polar surface area (TPSA) is 71.6 Å². The molecule has 1 aromatic rings. The van der Waals surface area contributed by atoms with E-state index in [4.69, 9.17) is 14.4 Å². The van der Waals surface area contributed by atoms with E-state index in [0.717, 1.165) is 19.5 Å². The Morgan fingerprint density at radius 3 is 3.00 bits per heavy atom. The Kier molecular flexibility index (Phi) is 5.38. The molecular weight excluding hydrogens is 272 g/mol. The fourth-order valence-corrected chi connectivity index (χ4v) is 2.13. The van der Waals surface area contributed by atoms with Crippen LogP contribution in [0.15, 0.2) is 4.52 Å². The lowest BCUT2D eigenvalue weighted by Gasteiger charge is -2.30. The van der Waals surface area contributed by atoms with Crippen LogP contribution >= 0.6 is 0 Å². The first-order valence-electron chi connectivity index (χ1n) is 6.72. The molecule has 1 aliphatic rings. The molecule has 0 saturated carbocycles. The number of halogens is 2. The minimum atomic E-state index is -2.82. The molecule has 8 heteroatoms. The number of alkyl halides is 2. The van der Waals surface area contributed by atoms with Crippen molar-refractivity contribution in [3.63, 3.8) is 0 Å². The van der Waals surface area contributed by atoms with Gasteiger partial charge < -0.3 is 14.4 Å². The normalized spacial score (nSPS) is 22.4. The molecule has 1 fully saturated rings. The quantitative estimate of drug-likeness (QED) is 0.844. The van der Waals surface area contributed by atoms with E-state index in [9.17, 15) is 8.78 Å². The number of morpholine rings is 1. The van der Waals surface area contributed by atoms with Gasteiger partial charge in [0, 0.05) is 13.1 Å². The standard InChI is InChI=1S/C12H19F2N3O3/c1-2-3-17-4-5-19-9(7-17)12-15-10(20-16-12)6-8(18)11(13)14/h8-9,11,18H,2-7H2,1H3. The molecular formula is C12H19F2N3O3. The summed E-state index contributed by atoms with van der Waals surface area (Å²) in [6, 6.07) is 0. The molecule has 6 nitrogen and oxygen atoms in total. The molecule has 114 valence electrons. The van der Waals surface area contributed by atoms with Crippen molar-refractivity contribution >= 4 is 0 Å². The van der Waals surface area contributed by atoms with Gasteiger partial charge in [-0.05, 0) is 13.0 Å². The maximum Gasteiger partial charge on any atom is 0.264 e. The van der Waals surface area contributed by atoms with Crippen molar-refractivity contribution in [1.82, 2.24) is 15.0 Å². The molecule has 1 N–H and O–H groups in total. The van der Waals surface area contributed by atoms with Crippen molar-refractivity contribution in [2.24, 2.45) is 0 Å². The molecule has 1 saturated heterocycles. The Morgan fingerprint density at radius 1 is 1.50 bits per heavy atom. The van der Waals surface area contributed by atoms with Gasteiger partial charge in [0.2, 0.25) is 11.7 Å². The number of aromatic nitrogens is 2. The van der Waals surface area contributed by atoms with E-state index in [1.54, 1.807) is 0 Å². The van der Waals surface area contributed by atoms with Crippen LogP contribution in [0.5, 0.6) is 0 Å². The van der Waals surface area contributed by atoms with Gasteiger partial charge in [-0.1, -0.05) is 12.1 Å². The van der Waals surface area contributed by atoms with Crippen molar-refractivity contribution in [1.29, 1.82) is 0 Å². The minimum Gasteiger partial charge on any atom is -0.387 e. The third-order valence-corrected chi connectivity index (χ3v) is 3.14. The van der Waals surface area contributed by atoms with E-state index < -0.39 is 12.5 Å². The van der Waals surface area contributed by atoms with Crippen LogP contribution in [0.4, 0.5) is 8.78 Å². The summed E-state index contributed by atoms with van der Waals surface area (Å²) in [5, 5.41) is 12.8. The molecule has 0 radical (unpaired) electrons. The highest BCUT2D eigenvalue weighted by molar-refractivity contribution is 4.95. The van der Waals surface area contributed by atoms with Crippen LogP contribution in [0.25, 0.3) is 0 Å². The Hall–Kier alpha value is -1.12. The maximum atomic E-state index is 12.2. The average Bonchev–Trinajstić information content (AvgIpc) is 2.88. The lowest BCUT2D eigenvalue weighted by Crippen LogP contribution is -2.39. The van der Waals surface area contributed by atoms with Crippen LogP contribution in [-0.4, -0.2) is 58.9 Å². The second-order valence-electron chi connectivity index (χ2n) is 4.81. The molecule has 2 atom stereocenters. The van der Waals surface area contributed by atoms with Crippen molar-refractivity contribution in [3.05, 3.63) is 11.7 Å². The van der Waals surface area contributed by atoms with Crippen molar-refractivity contribution < 1.29 is 23.1 Å². The maximum absolute atomic E-state index is 12.2. The molecule has 1 aromatic heterocycles. The third-order valence-electron chi connectivity index (χ3n) is 3.14. The smallest absolute Gasteiger partial charge is 0.264 e. The van der Waals surface area contributed by atoms with Gasteiger partial charge in [-0.2, -0.15) is 4.98 Å². The van der Waals surface area contributed by atoms with Gasteiger partial charge in [0.25, 0.3) is 6.43 Å². The van der Waals surface area contributed by atoms with Crippen molar-refractivity contribution in [2.45, 2.75) is 38.4 Å².